The maximum atomic E-state index is 9.83. The van der Waals surface area contributed by atoms with Crippen LogP contribution in [0.25, 0.3) is 0 Å². The lowest BCUT2D eigenvalue weighted by molar-refractivity contribution is -0.690. The van der Waals surface area contributed by atoms with Gasteiger partial charge in [0.1, 0.15) is 17.5 Å². The topological polar surface area (TPSA) is 75.5 Å². The van der Waals surface area contributed by atoms with Crippen molar-refractivity contribution >= 4 is 0 Å². The molecule has 0 saturated carbocycles. The summed E-state index contributed by atoms with van der Waals surface area (Å²) in [7, 11) is 3.26. The third-order valence-electron chi connectivity index (χ3n) is 4.16. The Balaban J connectivity index is 2.09. The highest BCUT2D eigenvalue weighted by atomic mass is 16.5. The summed E-state index contributed by atoms with van der Waals surface area (Å²) in [6, 6.07) is 9.07. The molecule has 1 heterocycles. The van der Waals surface area contributed by atoms with Crippen molar-refractivity contribution in [3.8, 4) is 23.0 Å². The molecule has 1 aliphatic heterocycles. The van der Waals surface area contributed by atoms with E-state index >= 15 is 0 Å². The van der Waals surface area contributed by atoms with Gasteiger partial charge in [-0.15, -0.1) is 0 Å². The zero-order valence-electron chi connectivity index (χ0n) is 12.7. The van der Waals surface area contributed by atoms with E-state index in [1.165, 1.54) is 0 Å². The predicted octanol–water partition coefficient (Wildman–Crippen LogP) is 1.32. The van der Waals surface area contributed by atoms with Gasteiger partial charge in [0, 0.05) is 18.1 Å². The van der Waals surface area contributed by atoms with Gasteiger partial charge in [-0.1, -0.05) is 0 Å². The van der Waals surface area contributed by atoms with Gasteiger partial charge < -0.3 is 25.0 Å². The van der Waals surface area contributed by atoms with Gasteiger partial charge in [-0.3, -0.25) is 0 Å². The van der Waals surface area contributed by atoms with Gasteiger partial charge in [-0.05, 0) is 29.8 Å². The third kappa shape index (κ3) is 2.44. The summed E-state index contributed by atoms with van der Waals surface area (Å²) >= 11 is 0. The molecule has 4 N–H and O–H groups in total. The van der Waals surface area contributed by atoms with Crippen molar-refractivity contribution in [1.29, 1.82) is 0 Å². The Bertz CT molecular complexity index is 699. The molecule has 1 atom stereocenters. The summed E-state index contributed by atoms with van der Waals surface area (Å²) in [5, 5.41) is 21.7. The van der Waals surface area contributed by atoms with E-state index < -0.39 is 0 Å². The zero-order valence-corrected chi connectivity index (χ0v) is 12.7. The monoisotopic (exact) mass is 302 g/mol. The predicted molar refractivity (Wildman–Crippen MR) is 81.7 cm³/mol. The lowest BCUT2D eigenvalue weighted by atomic mass is 9.89. The zero-order chi connectivity index (χ0) is 15.7. The number of hydrogen-bond donors (Lipinski definition) is 3. The summed E-state index contributed by atoms with van der Waals surface area (Å²) in [6.07, 6.45) is 0.859. The Morgan fingerprint density at radius 1 is 1.00 bits per heavy atom. The molecule has 5 heteroatoms. The molecule has 0 radical (unpaired) electrons. The van der Waals surface area contributed by atoms with Crippen molar-refractivity contribution in [2.45, 2.75) is 12.5 Å². The molecular weight excluding hydrogens is 282 g/mol. The van der Waals surface area contributed by atoms with Crippen molar-refractivity contribution in [2.24, 2.45) is 0 Å². The Labute approximate surface area is 129 Å². The normalized spacial score (nSPS) is 16.9. The number of ether oxygens (including phenoxy) is 2. The van der Waals surface area contributed by atoms with E-state index in [9.17, 15) is 10.2 Å². The first-order valence-electron chi connectivity index (χ1n) is 7.24. The van der Waals surface area contributed by atoms with Crippen LogP contribution in [0, 0.1) is 0 Å². The Hall–Kier alpha value is -2.40. The van der Waals surface area contributed by atoms with Crippen molar-refractivity contribution < 1.29 is 25.0 Å². The van der Waals surface area contributed by atoms with E-state index in [-0.39, 0.29) is 17.5 Å². The summed E-state index contributed by atoms with van der Waals surface area (Å²) in [5.74, 6) is 1.33. The van der Waals surface area contributed by atoms with Crippen molar-refractivity contribution in [1.82, 2.24) is 0 Å². The molecule has 1 aliphatic rings. The van der Waals surface area contributed by atoms with Crippen LogP contribution >= 0.6 is 0 Å². The molecule has 22 heavy (non-hydrogen) atoms. The third-order valence-corrected chi connectivity index (χ3v) is 4.16. The van der Waals surface area contributed by atoms with Crippen LogP contribution in [-0.4, -0.2) is 31.0 Å². The van der Waals surface area contributed by atoms with Crippen LogP contribution in [0.3, 0.4) is 0 Å². The van der Waals surface area contributed by atoms with Gasteiger partial charge in [0.15, 0.2) is 11.5 Å². The first-order chi connectivity index (χ1) is 10.6. The van der Waals surface area contributed by atoms with Crippen LogP contribution in [0.2, 0.25) is 0 Å². The fourth-order valence-corrected chi connectivity index (χ4v) is 3.04. The molecule has 0 aromatic heterocycles. The summed E-state index contributed by atoms with van der Waals surface area (Å²) in [4.78, 5) is 0. The van der Waals surface area contributed by atoms with Gasteiger partial charge in [0.05, 0.1) is 26.3 Å². The SMILES string of the molecule is COc1ccc([C@H]2[NH2+]CCc3cc(O)c(O)cc32)c(OC)c1. The molecule has 0 amide bonds. The second-order valence-corrected chi connectivity index (χ2v) is 5.40. The molecule has 2 aromatic carbocycles. The molecule has 0 fully saturated rings. The fraction of sp³-hybridized carbons (Fsp3) is 0.294. The lowest BCUT2D eigenvalue weighted by Crippen LogP contribution is -2.87. The molecule has 2 aromatic rings. The van der Waals surface area contributed by atoms with Gasteiger partial charge >= 0.3 is 0 Å². The fourth-order valence-electron chi connectivity index (χ4n) is 3.04. The maximum absolute atomic E-state index is 9.83. The highest BCUT2D eigenvalue weighted by Gasteiger charge is 2.29. The largest absolute Gasteiger partial charge is 0.504 e. The minimum atomic E-state index is -0.0912. The summed E-state index contributed by atoms with van der Waals surface area (Å²) in [6.45, 7) is 0.914. The van der Waals surface area contributed by atoms with Crippen LogP contribution in [-0.2, 0) is 6.42 Å². The van der Waals surface area contributed by atoms with E-state index in [0.29, 0.717) is 0 Å². The highest BCUT2D eigenvalue weighted by Crippen LogP contribution is 2.37. The van der Waals surface area contributed by atoms with Crippen LogP contribution in [0.15, 0.2) is 30.3 Å². The van der Waals surface area contributed by atoms with Gasteiger partial charge in [-0.25, -0.2) is 0 Å². The number of phenols is 2. The number of methoxy groups -OCH3 is 2. The number of nitrogens with two attached hydrogens (primary N) is 1. The van der Waals surface area contributed by atoms with Crippen LogP contribution in [0.5, 0.6) is 23.0 Å². The van der Waals surface area contributed by atoms with Gasteiger partial charge in [0.25, 0.3) is 0 Å². The molecule has 0 spiro atoms. The summed E-state index contributed by atoms with van der Waals surface area (Å²) in [5.41, 5.74) is 3.08. The number of benzene rings is 2. The molecule has 3 rings (SSSR count). The van der Waals surface area contributed by atoms with Crippen molar-refractivity contribution in [2.75, 3.05) is 20.8 Å². The minimum absolute atomic E-state index is 0.0242. The smallest absolute Gasteiger partial charge is 0.157 e. The minimum Gasteiger partial charge on any atom is -0.504 e. The van der Waals surface area contributed by atoms with E-state index in [4.69, 9.17) is 9.47 Å². The van der Waals surface area contributed by atoms with E-state index in [1.807, 2.05) is 18.2 Å². The van der Waals surface area contributed by atoms with Crippen LogP contribution < -0.4 is 14.8 Å². The second kappa shape index (κ2) is 5.77. The van der Waals surface area contributed by atoms with E-state index in [0.717, 1.165) is 41.2 Å². The molecule has 5 nitrogen and oxygen atoms in total. The second-order valence-electron chi connectivity index (χ2n) is 5.40. The average Bonchev–Trinajstić information content (AvgIpc) is 2.55. The maximum Gasteiger partial charge on any atom is 0.157 e. The number of fused-ring (bicyclic) bond motifs is 1. The number of phenolic OH excluding ortho intramolecular Hbond substituents is 2. The first kappa shape index (κ1) is 14.5. The molecule has 0 unspecified atom stereocenters. The van der Waals surface area contributed by atoms with Gasteiger partial charge in [-0.2, -0.15) is 0 Å². The van der Waals surface area contributed by atoms with Gasteiger partial charge in [0.2, 0.25) is 0 Å². The molecule has 0 bridgehead atoms. The quantitative estimate of drug-likeness (QED) is 0.748. The number of quaternary nitrogens is 1. The highest BCUT2D eigenvalue weighted by molar-refractivity contribution is 5.52. The Morgan fingerprint density at radius 2 is 1.77 bits per heavy atom. The number of aromatic hydroxyl groups is 2. The number of rotatable bonds is 3. The summed E-state index contributed by atoms with van der Waals surface area (Å²) < 4.78 is 10.7. The molecule has 0 aliphatic carbocycles. The standard InChI is InChI=1S/C17H19NO4/c1-21-11-3-4-12(16(8-11)22-2)17-13-9-15(20)14(19)7-10(13)5-6-18-17/h3-4,7-9,17-20H,5-6H2,1-2H3/p+1/t17-/m1/s1. The average molecular weight is 302 g/mol. The Kier molecular flexibility index (Phi) is 3.81. The van der Waals surface area contributed by atoms with Crippen molar-refractivity contribution in [3.05, 3.63) is 47.0 Å². The molecular formula is C17H20NO4+. The van der Waals surface area contributed by atoms with E-state index in [1.54, 1.807) is 26.4 Å². The first-order valence-corrected chi connectivity index (χ1v) is 7.24. The lowest BCUT2D eigenvalue weighted by Gasteiger charge is -2.26. The Morgan fingerprint density at radius 3 is 2.50 bits per heavy atom. The van der Waals surface area contributed by atoms with Crippen LogP contribution in [0.4, 0.5) is 0 Å². The van der Waals surface area contributed by atoms with E-state index in [2.05, 4.69) is 5.32 Å². The molecule has 0 saturated heterocycles. The molecule has 116 valence electrons. The van der Waals surface area contributed by atoms with Crippen molar-refractivity contribution in [3.63, 3.8) is 0 Å². The van der Waals surface area contributed by atoms with Crippen LogP contribution in [0.1, 0.15) is 22.7 Å². The number of hydrogen-bond acceptors (Lipinski definition) is 4.